The Labute approximate surface area is 287 Å². The molecular formula is C43H54F2O3. The molecule has 0 aromatic carbocycles. The van der Waals surface area contributed by atoms with Crippen LogP contribution >= 0.6 is 0 Å². The van der Waals surface area contributed by atoms with Gasteiger partial charge in [-0.1, -0.05) is 67.2 Å². The van der Waals surface area contributed by atoms with Crippen LogP contribution in [0, 0.1) is 11.8 Å². The van der Waals surface area contributed by atoms with Gasteiger partial charge in [0.05, 0.1) is 7.11 Å². The van der Waals surface area contributed by atoms with Crippen molar-refractivity contribution >= 4 is 5.97 Å². The maximum absolute atomic E-state index is 16.1. The second kappa shape index (κ2) is 14.6. The Balaban J connectivity index is 1.58. The summed E-state index contributed by atoms with van der Waals surface area (Å²) in [6.07, 6.45) is 20.2. The van der Waals surface area contributed by atoms with Gasteiger partial charge in [-0.2, -0.15) is 0 Å². The van der Waals surface area contributed by atoms with Crippen LogP contribution in [0.3, 0.4) is 0 Å². The Bertz CT molecular complexity index is 1620. The summed E-state index contributed by atoms with van der Waals surface area (Å²) in [5, 5.41) is 0. The Morgan fingerprint density at radius 1 is 1.00 bits per heavy atom. The van der Waals surface area contributed by atoms with Crippen LogP contribution in [0.5, 0.6) is 0 Å². The molecule has 0 aromatic heterocycles. The zero-order valence-electron chi connectivity index (χ0n) is 30.2. The summed E-state index contributed by atoms with van der Waals surface area (Å²) in [4.78, 5) is 12.7. The van der Waals surface area contributed by atoms with E-state index >= 15 is 4.39 Å². The molecule has 48 heavy (non-hydrogen) atoms. The summed E-state index contributed by atoms with van der Waals surface area (Å²) in [7, 11) is 1.43. The zero-order valence-corrected chi connectivity index (χ0v) is 30.2. The average Bonchev–Trinajstić information content (AvgIpc) is 3.32. The first-order chi connectivity index (χ1) is 22.8. The van der Waals surface area contributed by atoms with Gasteiger partial charge in [-0.15, -0.1) is 0 Å². The minimum absolute atomic E-state index is 0.0778. The molecule has 0 amide bonds. The van der Waals surface area contributed by atoms with Crippen LogP contribution in [0.25, 0.3) is 0 Å². The summed E-state index contributed by atoms with van der Waals surface area (Å²) in [6, 6.07) is 0. The van der Waals surface area contributed by atoms with Crippen molar-refractivity contribution in [3.8, 4) is 0 Å². The average molecular weight is 657 g/mol. The molecule has 0 aromatic rings. The van der Waals surface area contributed by atoms with Crippen LogP contribution in [0.15, 0.2) is 116 Å². The predicted molar refractivity (Wildman–Crippen MR) is 193 cm³/mol. The van der Waals surface area contributed by atoms with Crippen molar-refractivity contribution in [2.75, 3.05) is 13.7 Å². The Morgan fingerprint density at radius 3 is 2.42 bits per heavy atom. The second-order valence-electron chi connectivity index (χ2n) is 14.9. The molecule has 0 bridgehead atoms. The number of carbonyl (C=O) groups excluding carboxylic acids is 1. The van der Waals surface area contributed by atoms with E-state index in [4.69, 9.17) is 9.47 Å². The SMILES string of the molecule is C=CC1(F)CCC(F)(CCC2C=C(C3=CC=C(C(=O)OC)C(C)C(C)=C3)C3=C(C=C(C4=C(C)OCC(C)=C4C)C=C(C)CC3)CC2)CC1. The summed E-state index contributed by atoms with van der Waals surface area (Å²) in [6.45, 7) is 17.0. The van der Waals surface area contributed by atoms with Gasteiger partial charge in [0.1, 0.15) is 23.7 Å². The summed E-state index contributed by atoms with van der Waals surface area (Å²) >= 11 is 0. The number of rotatable bonds is 7. The van der Waals surface area contributed by atoms with Crippen LogP contribution in [-0.4, -0.2) is 31.0 Å². The number of esters is 1. The fourth-order valence-electron chi connectivity index (χ4n) is 7.89. The number of ether oxygens (including phenoxy) is 2. The number of allylic oxidation sites excluding steroid dienone is 17. The van der Waals surface area contributed by atoms with Gasteiger partial charge in [-0.05, 0) is 144 Å². The first-order valence-corrected chi connectivity index (χ1v) is 17.8. The Kier molecular flexibility index (Phi) is 10.9. The molecule has 0 spiro atoms. The van der Waals surface area contributed by atoms with Crippen LogP contribution in [-0.2, 0) is 14.3 Å². The molecule has 5 rings (SSSR count). The van der Waals surface area contributed by atoms with E-state index in [-0.39, 0.29) is 43.5 Å². The molecule has 1 fully saturated rings. The number of alkyl halides is 2. The van der Waals surface area contributed by atoms with E-state index in [1.54, 1.807) is 0 Å². The lowest BCUT2D eigenvalue weighted by atomic mass is 9.75. The molecule has 2 atom stereocenters. The maximum atomic E-state index is 16.1. The van der Waals surface area contributed by atoms with Crippen molar-refractivity contribution in [2.24, 2.45) is 11.8 Å². The van der Waals surface area contributed by atoms with Crippen LogP contribution < -0.4 is 0 Å². The topological polar surface area (TPSA) is 35.5 Å². The molecule has 1 saturated carbocycles. The highest BCUT2D eigenvalue weighted by Crippen LogP contribution is 2.46. The fourth-order valence-corrected chi connectivity index (χ4v) is 7.89. The third-order valence-electron chi connectivity index (χ3n) is 11.6. The van der Waals surface area contributed by atoms with Crippen molar-refractivity contribution in [2.45, 2.75) is 117 Å². The van der Waals surface area contributed by atoms with Gasteiger partial charge in [0.15, 0.2) is 0 Å². The first-order valence-electron chi connectivity index (χ1n) is 17.8. The number of hydrogen-bond donors (Lipinski definition) is 0. The molecule has 2 unspecified atom stereocenters. The van der Waals surface area contributed by atoms with Gasteiger partial charge in [0.25, 0.3) is 0 Å². The molecule has 1 aliphatic heterocycles. The van der Waals surface area contributed by atoms with E-state index in [1.807, 2.05) is 13.0 Å². The number of halogens is 2. The van der Waals surface area contributed by atoms with Crippen molar-refractivity contribution < 1.29 is 23.0 Å². The molecule has 5 aliphatic rings. The number of methoxy groups -OCH3 is 1. The van der Waals surface area contributed by atoms with E-state index in [0.717, 1.165) is 42.6 Å². The van der Waals surface area contributed by atoms with E-state index in [0.29, 0.717) is 25.0 Å². The van der Waals surface area contributed by atoms with Gasteiger partial charge in [0, 0.05) is 17.1 Å². The minimum atomic E-state index is -1.45. The van der Waals surface area contributed by atoms with Gasteiger partial charge in [-0.25, -0.2) is 13.6 Å². The minimum Gasteiger partial charge on any atom is -0.493 e. The molecule has 258 valence electrons. The van der Waals surface area contributed by atoms with Crippen LogP contribution in [0.4, 0.5) is 8.78 Å². The highest BCUT2D eigenvalue weighted by Gasteiger charge is 2.42. The predicted octanol–water partition coefficient (Wildman–Crippen LogP) is 11.5. The third kappa shape index (κ3) is 7.71. The molecule has 1 heterocycles. The normalized spacial score (nSPS) is 30.2. The summed E-state index contributed by atoms with van der Waals surface area (Å²) in [5.41, 5.74) is 9.96. The van der Waals surface area contributed by atoms with E-state index in [2.05, 4.69) is 71.6 Å². The lowest BCUT2D eigenvalue weighted by molar-refractivity contribution is -0.136. The number of hydrogen-bond acceptors (Lipinski definition) is 3. The van der Waals surface area contributed by atoms with Crippen molar-refractivity contribution in [3.05, 3.63) is 116 Å². The molecule has 4 aliphatic carbocycles. The first kappa shape index (κ1) is 35.8. The largest absolute Gasteiger partial charge is 0.493 e. The fraction of sp³-hybridized carbons (Fsp3) is 0.512. The standard InChI is InChI=1S/C43H54F2O3/c1-9-42(44)18-20-43(45,21-19-42)17-16-33-11-12-35-25-36(40-31(6)29(4)26-48-32(40)7)22-27(2)10-14-38(35)39(24-33)34-13-15-37(41(46)47-8)30(5)28(3)23-34/h9,13,15,22-25,30,33H,1,10-12,14,16-21,26H2,2-8H3. The quantitative estimate of drug-likeness (QED) is 0.202. The van der Waals surface area contributed by atoms with Crippen molar-refractivity contribution in [3.63, 3.8) is 0 Å². The molecule has 5 heteroatoms. The molecular weight excluding hydrogens is 602 g/mol. The second-order valence-corrected chi connectivity index (χ2v) is 14.9. The highest BCUT2D eigenvalue weighted by atomic mass is 19.1. The molecule has 0 radical (unpaired) electrons. The Hall–Kier alpha value is -3.47. The highest BCUT2D eigenvalue weighted by molar-refractivity contribution is 5.90. The van der Waals surface area contributed by atoms with E-state index in [1.165, 1.54) is 57.8 Å². The van der Waals surface area contributed by atoms with E-state index in [9.17, 15) is 9.18 Å². The molecule has 3 nitrogen and oxygen atoms in total. The van der Waals surface area contributed by atoms with Gasteiger partial charge >= 0.3 is 5.97 Å². The van der Waals surface area contributed by atoms with Gasteiger partial charge in [-0.3, -0.25) is 0 Å². The number of carbonyl (C=O) groups is 1. The lowest BCUT2D eigenvalue weighted by Gasteiger charge is -2.37. The Morgan fingerprint density at radius 2 is 1.73 bits per heavy atom. The van der Waals surface area contributed by atoms with Gasteiger partial charge < -0.3 is 9.47 Å². The summed E-state index contributed by atoms with van der Waals surface area (Å²) < 4.78 is 42.3. The molecule has 0 saturated heterocycles. The van der Waals surface area contributed by atoms with Crippen molar-refractivity contribution in [1.82, 2.24) is 0 Å². The molecule has 0 N–H and O–H groups in total. The van der Waals surface area contributed by atoms with E-state index < -0.39 is 11.3 Å². The third-order valence-corrected chi connectivity index (χ3v) is 11.6. The van der Waals surface area contributed by atoms with Crippen molar-refractivity contribution in [1.29, 1.82) is 0 Å². The van der Waals surface area contributed by atoms with Gasteiger partial charge in [0.2, 0.25) is 0 Å². The van der Waals surface area contributed by atoms with Crippen LogP contribution in [0.1, 0.15) is 106 Å². The smallest absolute Gasteiger partial charge is 0.334 e. The zero-order chi connectivity index (χ0) is 34.8. The summed E-state index contributed by atoms with van der Waals surface area (Å²) in [5.74, 6) is 0.718. The lowest BCUT2D eigenvalue weighted by Crippen LogP contribution is -2.36. The monoisotopic (exact) mass is 656 g/mol. The maximum Gasteiger partial charge on any atom is 0.334 e. The van der Waals surface area contributed by atoms with Crippen LogP contribution in [0.2, 0.25) is 0 Å².